The van der Waals surface area contributed by atoms with Gasteiger partial charge in [0.05, 0.1) is 27.0 Å². The molecule has 0 atom stereocenters. The summed E-state index contributed by atoms with van der Waals surface area (Å²) < 4.78 is 28.3. The lowest BCUT2D eigenvalue weighted by Gasteiger charge is -2.09. The lowest BCUT2D eigenvalue weighted by Crippen LogP contribution is -2.32. The van der Waals surface area contributed by atoms with E-state index < -0.39 is 10.0 Å². The minimum atomic E-state index is -3.69. The molecule has 10 heteroatoms. The third-order valence-corrected chi connectivity index (χ3v) is 6.57. The molecule has 1 aromatic carbocycles. The zero-order chi connectivity index (χ0) is 19.6. The number of benzene rings is 1. The average molecular weight is 425 g/mol. The van der Waals surface area contributed by atoms with Gasteiger partial charge in [-0.25, -0.2) is 22.8 Å². The maximum atomic E-state index is 12.3. The number of aryl methyl sites for hydroxylation is 2. The maximum Gasteiger partial charge on any atom is 0.266 e. The Morgan fingerprint density at radius 2 is 1.85 bits per heavy atom. The molecule has 0 aliphatic rings. The fourth-order valence-corrected chi connectivity index (χ4v) is 4.51. The Balaban J connectivity index is 1.74. The molecule has 0 saturated heterocycles. The molecule has 142 valence electrons. The Hall–Kier alpha value is -2.07. The van der Waals surface area contributed by atoms with Crippen molar-refractivity contribution in [3.8, 4) is 10.6 Å². The van der Waals surface area contributed by atoms with Crippen molar-refractivity contribution in [3.05, 3.63) is 62.5 Å². The number of nitrogens with one attached hydrogen (secondary N) is 1. The fourth-order valence-electron chi connectivity index (χ4n) is 2.48. The topological polar surface area (TPSA) is 94.0 Å². The van der Waals surface area contributed by atoms with Gasteiger partial charge < -0.3 is 0 Å². The molecule has 0 saturated carbocycles. The van der Waals surface area contributed by atoms with Crippen LogP contribution in [-0.2, 0) is 16.6 Å². The largest absolute Gasteiger partial charge is 0.268 e. The molecule has 0 unspecified atom stereocenters. The van der Waals surface area contributed by atoms with Crippen LogP contribution in [0.3, 0.4) is 0 Å². The van der Waals surface area contributed by atoms with Crippen LogP contribution in [-0.4, -0.2) is 29.7 Å². The van der Waals surface area contributed by atoms with Gasteiger partial charge in [-0.05, 0) is 44.2 Å². The van der Waals surface area contributed by atoms with Gasteiger partial charge in [-0.3, -0.25) is 4.79 Å². The average Bonchev–Trinajstić information content (AvgIpc) is 2.95. The summed E-state index contributed by atoms with van der Waals surface area (Å²) >= 11 is 7.27. The highest BCUT2D eigenvalue weighted by Gasteiger charge is 2.14. The van der Waals surface area contributed by atoms with Gasteiger partial charge in [0.1, 0.15) is 5.69 Å². The van der Waals surface area contributed by atoms with Crippen molar-refractivity contribution in [1.29, 1.82) is 0 Å². The number of hydrogen-bond donors (Lipinski definition) is 1. The Kier molecular flexibility index (Phi) is 5.75. The number of rotatable bonds is 6. The Labute approximate surface area is 165 Å². The highest BCUT2D eigenvalue weighted by molar-refractivity contribution is 7.89. The molecule has 27 heavy (non-hydrogen) atoms. The quantitative estimate of drug-likeness (QED) is 0.656. The van der Waals surface area contributed by atoms with Crippen LogP contribution in [0.4, 0.5) is 0 Å². The van der Waals surface area contributed by atoms with Gasteiger partial charge in [0.25, 0.3) is 5.56 Å². The molecule has 3 aromatic rings. The molecule has 1 N–H and O–H groups in total. The van der Waals surface area contributed by atoms with Crippen LogP contribution in [0.25, 0.3) is 10.6 Å². The molecule has 0 spiro atoms. The van der Waals surface area contributed by atoms with Crippen molar-refractivity contribution in [2.45, 2.75) is 25.3 Å². The number of hydrogen-bond acceptors (Lipinski definition) is 6. The summed E-state index contributed by atoms with van der Waals surface area (Å²) in [6, 6.07) is 8.92. The highest BCUT2D eigenvalue weighted by atomic mass is 35.5. The number of aromatic nitrogens is 3. The second-order valence-electron chi connectivity index (χ2n) is 5.78. The molecule has 0 aliphatic carbocycles. The van der Waals surface area contributed by atoms with Crippen molar-refractivity contribution >= 4 is 33.0 Å². The molecule has 7 nitrogen and oxygen atoms in total. The van der Waals surface area contributed by atoms with E-state index in [0.29, 0.717) is 10.7 Å². The van der Waals surface area contributed by atoms with Crippen molar-refractivity contribution in [2.24, 2.45) is 0 Å². The molecule has 0 bridgehead atoms. The molecule has 0 radical (unpaired) electrons. The fraction of sp³-hybridized carbons (Fsp3) is 0.235. The third-order valence-electron chi connectivity index (χ3n) is 3.74. The lowest BCUT2D eigenvalue weighted by molar-refractivity contribution is 0.549. The Bertz CT molecular complexity index is 1120. The summed E-state index contributed by atoms with van der Waals surface area (Å²) in [6.45, 7) is 3.93. The van der Waals surface area contributed by atoms with E-state index in [1.165, 1.54) is 46.4 Å². The molecular weight excluding hydrogens is 408 g/mol. The number of thiazole rings is 1. The van der Waals surface area contributed by atoms with Gasteiger partial charge in [-0.15, -0.1) is 11.3 Å². The summed E-state index contributed by atoms with van der Waals surface area (Å²) in [5.41, 5.74) is 1.18. The number of nitrogens with zero attached hydrogens (tertiary/aromatic N) is 3. The first-order chi connectivity index (χ1) is 12.8. The van der Waals surface area contributed by atoms with Gasteiger partial charge in [0, 0.05) is 17.6 Å². The minimum Gasteiger partial charge on any atom is -0.268 e. The Morgan fingerprint density at radius 1 is 1.15 bits per heavy atom. The van der Waals surface area contributed by atoms with Crippen molar-refractivity contribution in [1.82, 2.24) is 19.5 Å². The zero-order valence-corrected chi connectivity index (χ0v) is 17.0. The smallest absolute Gasteiger partial charge is 0.266 e. The van der Waals surface area contributed by atoms with E-state index in [-0.39, 0.29) is 23.5 Å². The summed E-state index contributed by atoms with van der Waals surface area (Å²) in [5, 5.41) is 5.71. The first-order valence-corrected chi connectivity index (χ1v) is 10.7. The van der Waals surface area contributed by atoms with E-state index in [1.54, 1.807) is 6.07 Å². The van der Waals surface area contributed by atoms with E-state index in [9.17, 15) is 13.2 Å². The molecule has 0 amide bonds. The van der Waals surface area contributed by atoms with Crippen LogP contribution >= 0.6 is 22.9 Å². The molecule has 0 aliphatic heterocycles. The van der Waals surface area contributed by atoms with Crippen molar-refractivity contribution < 1.29 is 8.42 Å². The summed E-state index contributed by atoms with van der Waals surface area (Å²) in [5.74, 6) is 0. The Morgan fingerprint density at radius 3 is 2.48 bits per heavy atom. The minimum absolute atomic E-state index is 0.0298. The summed E-state index contributed by atoms with van der Waals surface area (Å²) in [4.78, 5) is 17.4. The van der Waals surface area contributed by atoms with Gasteiger partial charge >= 0.3 is 0 Å². The van der Waals surface area contributed by atoms with Crippen LogP contribution in [0, 0.1) is 13.8 Å². The van der Waals surface area contributed by atoms with Gasteiger partial charge in [0.15, 0.2) is 0 Å². The maximum absolute atomic E-state index is 12.3. The van der Waals surface area contributed by atoms with Crippen LogP contribution in [0.15, 0.2) is 46.1 Å². The van der Waals surface area contributed by atoms with E-state index >= 15 is 0 Å². The van der Waals surface area contributed by atoms with Gasteiger partial charge in [-0.2, -0.15) is 5.10 Å². The monoisotopic (exact) mass is 424 g/mol. The van der Waals surface area contributed by atoms with Crippen molar-refractivity contribution in [2.75, 3.05) is 6.54 Å². The molecular formula is C17H17ClN4O3S2. The SMILES string of the molecule is Cc1nc(C)c(-c2ccc(=O)n(CCNS(=O)(=O)c3ccc(Cl)cc3)n2)s1. The zero-order valence-electron chi connectivity index (χ0n) is 14.6. The number of sulfonamides is 1. The van der Waals surface area contributed by atoms with E-state index in [1.807, 2.05) is 13.8 Å². The van der Waals surface area contributed by atoms with Crippen LogP contribution in [0.5, 0.6) is 0 Å². The van der Waals surface area contributed by atoms with Gasteiger partial charge in [0.2, 0.25) is 10.0 Å². The highest BCUT2D eigenvalue weighted by Crippen LogP contribution is 2.27. The molecule has 2 aromatic heterocycles. The third kappa shape index (κ3) is 4.62. The predicted octanol–water partition coefficient (Wildman–Crippen LogP) is 2.62. The van der Waals surface area contributed by atoms with Crippen LogP contribution < -0.4 is 10.3 Å². The van der Waals surface area contributed by atoms with Crippen molar-refractivity contribution in [3.63, 3.8) is 0 Å². The second kappa shape index (κ2) is 7.89. The summed E-state index contributed by atoms with van der Waals surface area (Å²) in [6.07, 6.45) is 0. The molecule has 0 fully saturated rings. The predicted molar refractivity (Wildman–Crippen MR) is 106 cm³/mol. The van der Waals surface area contributed by atoms with Crippen LogP contribution in [0.2, 0.25) is 5.02 Å². The molecule has 3 rings (SSSR count). The standard InChI is InChI=1S/C17H17ClN4O3S2/c1-11-17(26-12(2)20-11)15-7-8-16(23)22(21-15)10-9-19-27(24,25)14-5-3-13(18)4-6-14/h3-8,19H,9-10H2,1-2H3. The van der Waals surface area contributed by atoms with Crippen LogP contribution in [0.1, 0.15) is 10.7 Å². The van der Waals surface area contributed by atoms with E-state index in [4.69, 9.17) is 11.6 Å². The second-order valence-corrected chi connectivity index (χ2v) is 9.19. The first kappa shape index (κ1) is 19.7. The van der Waals surface area contributed by atoms with E-state index in [0.717, 1.165) is 15.6 Å². The normalized spacial score (nSPS) is 11.7. The lowest BCUT2D eigenvalue weighted by atomic mass is 10.3. The first-order valence-electron chi connectivity index (χ1n) is 8.04. The van der Waals surface area contributed by atoms with Gasteiger partial charge in [-0.1, -0.05) is 11.6 Å². The van der Waals surface area contributed by atoms with E-state index in [2.05, 4.69) is 14.8 Å². The summed E-state index contributed by atoms with van der Waals surface area (Å²) in [7, 11) is -3.69. The number of halogens is 1. The molecule has 2 heterocycles.